The normalized spacial score (nSPS) is 10.6. The van der Waals surface area contributed by atoms with Crippen LogP contribution in [0.4, 0.5) is 0 Å². The van der Waals surface area contributed by atoms with Crippen LogP contribution in [0.3, 0.4) is 0 Å². The molecule has 0 amide bonds. The lowest BCUT2D eigenvalue weighted by Gasteiger charge is -2.08. The Hall–Kier alpha value is -3.91. The van der Waals surface area contributed by atoms with Crippen LogP contribution in [0.2, 0.25) is 0 Å². The Bertz CT molecular complexity index is 1320. The molecular formula is C26H21BrN2O5. The minimum absolute atomic E-state index is 0.0169. The van der Waals surface area contributed by atoms with Gasteiger partial charge in [-0.15, -0.1) is 0 Å². The van der Waals surface area contributed by atoms with Gasteiger partial charge in [0, 0.05) is 10.0 Å². The smallest absolute Gasteiger partial charge is 0.357 e. The summed E-state index contributed by atoms with van der Waals surface area (Å²) in [5.41, 5.74) is 2.48. The molecule has 0 aliphatic heterocycles. The summed E-state index contributed by atoms with van der Waals surface area (Å²) in [6.07, 6.45) is 0. The zero-order chi connectivity index (χ0) is 24.1. The summed E-state index contributed by atoms with van der Waals surface area (Å²) < 4.78 is 18.3. The highest BCUT2D eigenvalue weighted by Gasteiger charge is 2.31. The van der Waals surface area contributed by atoms with E-state index in [9.17, 15) is 9.59 Å². The first-order valence-electron chi connectivity index (χ1n) is 10.3. The monoisotopic (exact) mass is 520 g/mol. The average Bonchev–Trinajstić information content (AvgIpc) is 3.29. The number of halogens is 1. The third kappa shape index (κ3) is 4.87. The van der Waals surface area contributed by atoms with Crippen molar-refractivity contribution in [1.82, 2.24) is 9.78 Å². The van der Waals surface area contributed by atoms with E-state index >= 15 is 0 Å². The quantitative estimate of drug-likeness (QED) is 0.301. The number of carbonyl (C=O) groups is 2. The molecule has 1 heterocycles. The van der Waals surface area contributed by atoms with Gasteiger partial charge in [-0.1, -0.05) is 58.4 Å². The summed E-state index contributed by atoms with van der Waals surface area (Å²) >= 11 is 3.42. The second kappa shape index (κ2) is 10.4. The van der Waals surface area contributed by atoms with Gasteiger partial charge in [0.25, 0.3) is 0 Å². The number of para-hydroxylation sites is 1. The number of benzene rings is 3. The molecule has 0 saturated carbocycles. The molecule has 3 aromatic carbocycles. The molecule has 0 bridgehead atoms. The molecule has 0 fully saturated rings. The van der Waals surface area contributed by atoms with Crippen LogP contribution >= 0.6 is 15.9 Å². The number of rotatable bonds is 7. The first kappa shape index (κ1) is 23.3. The number of hydrogen-bond acceptors (Lipinski definition) is 6. The molecule has 7 nitrogen and oxygen atoms in total. The van der Waals surface area contributed by atoms with Crippen molar-refractivity contribution in [3.8, 4) is 22.7 Å². The second-order valence-electron chi connectivity index (χ2n) is 7.25. The van der Waals surface area contributed by atoms with E-state index in [0.717, 1.165) is 10.0 Å². The van der Waals surface area contributed by atoms with Gasteiger partial charge in [-0.05, 0) is 42.0 Å². The second-order valence-corrected chi connectivity index (χ2v) is 8.16. The van der Waals surface area contributed by atoms with E-state index in [2.05, 4.69) is 21.0 Å². The van der Waals surface area contributed by atoms with Crippen LogP contribution in [-0.2, 0) is 16.1 Å². The molecule has 0 radical (unpaired) electrons. The van der Waals surface area contributed by atoms with E-state index in [1.54, 1.807) is 30.3 Å². The van der Waals surface area contributed by atoms with Crippen LogP contribution in [0, 0.1) is 0 Å². The van der Waals surface area contributed by atoms with Crippen molar-refractivity contribution < 1.29 is 23.8 Å². The van der Waals surface area contributed by atoms with E-state index < -0.39 is 11.9 Å². The molecule has 34 heavy (non-hydrogen) atoms. The summed E-state index contributed by atoms with van der Waals surface area (Å²) in [6, 6.07) is 24.0. The minimum atomic E-state index is -0.703. The molecule has 4 rings (SSSR count). The number of carbonyl (C=O) groups excluding carboxylic acids is 2. The zero-order valence-electron chi connectivity index (χ0n) is 18.5. The summed E-state index contributed by atoms with van der Waals surface area (Å²) in [6.45, 7) is 0.368. The van der Waals surface area contributed by atoms with Crippen molar-refractivity contribution in [1.29, 1.82) is 0 Å². The highest BCUT2D eigenvalue weighted by Crippen LogP contribution is 2.31. The van der Waals surface area contributed by atoms with Crippen LogP contribution in [0.5, 0.6) is 5.75 Å². The Morgan fingerprint density at radius 2 is 1.59 bits per heavy atom. The number of esters is 2. The first-order valence-corrected chi connectivity index (χ1v) is 11.1. The van der Waals surface area contributed by atoms with Crippen LogP contribution in [0.15, 0.2) is 83.3 Å². The SMILES string of the molecule is COC(=O)c1c(-c2cccc(OCc3ccc(Br)cc3)c2)nn(-c2ccccc2)c1C(=O)OC. The number of nitrogens with zero attached hydrogens (tertiary/aromatic N) is 2. The molecule has 8 heteroatoms. The average molecular weight is 521 g/mol. The van der Waals surface area contributed by atoms with Crippen LogP contribution in [-0.4, -0.2) is 35.9 Å². The predicted molar refractivity (Wildman–Crippen MR) is 130 cm³/mol. The van der Waals surface area contributed by atoms with Gasteiger partial charge in [-0.2, -0.15) is 5.10 Å². The number of hydrogen-bond donors (Lipinski definition) is 0. The fourth-order valence-corrected chi connectivity index (χ4v) is 3.70. The molecule has 1 aromatic heterocycles. The molecule has 0 saturated heterocycles. The standard InChI is InChI=1S/C26H21BrN2O5/c1-32-25(30)22-23(28-29(24(22)26(31)33-2)20-8-4-3-5-9-20)18-7-6-10-21(15-18)34-16-17-11-13-19(27)14-12-17/h3-15H,16H2,1-2H3. The Morgan fingerprint density at radius 1 is 0.882 bits per heavy atom. The number of ether oxygens (including phenoxy) is 3. The van der Waals surface area contributed by atoms with Gasteiger partial charge >= 0.3 is 11.9 Å². The third-order valence-electron chi connectivity index (χ3n) is 5.08. The maximum Gasteiger partial charge on any atom is 0.357 e. The Balaban J connectivity index is 1.78. The van der Waals surface area contributed by atoms with Crippen molar-refractivity contribution in [2.24, 2.45) is 0 Å². The molecule has 0 unspecified atom stereocenters. The zero-order valence-corrected chi connectivity index (χ0v) is 20.1. The third-order valence-corrected chi connectivity index (χ3v) is 5.61. The van der Waals surface area contributed by atoms with Crippen molar-refractivity contribution in [3.63, 3.8) is 0 Å². The van der Waals surface area contributed by atoms with E-state index in [1.165, 1.54) is 18.9 Å². The van der Waals surface area contributed by atoms with Crippen molar-refractivity contribution >= 4 is 27.9 Å². The van der Waals surface area contributed by atoms with E-state index in [-0.39, 0.29) is 17.0 Å². The van der Waals surface area contributed by atoms with Crippen LogP contribution in [0.1, 0.15) is 26.4 Å². The van der Waals surface area contributed by atoms with E-state index in [1.807, 2.05) is 48.5 Å². The largest absolute Gasteiger partial charge is 0.489 e. The van der Waals surface area contributed by atoms with Crippen LogP contribution in [0.25, 0.3) is 16.9 Å². The van der Waals surface area contributed by atoms with Crippen molar-refractivity contribution in [2.45, 2.75) is 6.61 Å². The topological polar surface area (TPSA) is 79.7 Å². The molecule has 0 aliphatic carbocycles. The molecule has 0 atom stereocenters. The Labute approximate surface area is 205 Å². The summed E-state index contributed by atoms with van der Waals surface area (Å²) in [5.74, 6) is -0.811. The van der Waals surface area contributed by atoms with Gasteiger partial charge in [0.05, 0.1) is 19.9 Å². The molecule has 4 aromatic rings. The van der Waals surface area contributed by atoms with Gasteiger partial charge < -0.3 is 14.2 Å². The van der Waals surface area contributed by atoms with Gasteiger partial charge in [0.1, 0.15) is 23.6 Å². The van der Waals surface area contributed by atoms with Gasteiger partial charge in [-0.3, -0.25) is 0 Å². The van der Waals surface area contributed by atoms with Crippen molar-refractivity contribution in [2.75, 3.05) is 14.2 Å². The molecular weight excluding hydrogens is 500 g/mol. The molecule has 0 N–H and O–H groups in total. The number of aromatic nitrogens is 2. The fourth-order valence-electron chi connectivity index (χ4n) is 3.44. The minimum Gasteiger partial charge on any atom is -0.489 e. The Morgan fingerprint density at radius 3 is 2.26 bits per heavy atom. The molecule has 172 valence electrons. The highest BCUT2D eigenvalue weighted by molar-refractivity contribution is 9.10. The van der Waals surface area contributed by atoms with Gasteiger partial charge in [0.15, 0.2) is 5.69 Å². The maximum absolute atomic E-state index is 12.8. The summed E-state index contributed by atoms with van der Waals surface area (Å²) in [7, 11) is 2.51. The Kier molecular flexibility index (Phi) is 7.08. The van der Waals surface area contributed by atoms with E-state index in [4.69, 9.17) is 14.2 Å². The molecule has 0 spiro atoms. The van der Waals surface area contributed by atoms with Gasteiger partial charge in [-0.25, -0.2) is 14.3 Å². The lowest BCUT2D eigenvalue weighted by Crippen LogP contribution is -2.15. The summed E-state index contributed by atoms with van der Waals surface area (Å²) in [5, 5.41) is 4.61. The number of methoxy groups -OCH3 is 2. The predicted octanol–water partition coefficient (Wildman–Crippen LogP) is 5.45. The first-order chi connectivity index (χ1) is 16.5. The highest BCUT2D eigenvalue weighted by atomic mass is 79.9. The lowest BCUT2D eigenvalue weighted by molar-refractivity contribution is 0.0549. The lowest BCUT2D eigenvalue weighted by atomic mass is 10.1. The summed E-state index contributed by atoms with van der Waals surface area (Å²) in [4.78, 5) is 25.5. The maximum atomic E-state index is 12.8. The fraction of sp³-hybridized carbons (Fsp3) is 0.115. The van der Waals surface area contributed by atoms with Crippen LogP contribution < -0.4 is 4.74 Å². The van der Waals surface area contributed by atoms with Gasteiger partial charge in [0.2, 0.25) is 0 Å². The van der Waals surface area contributed by atoms with Crippen molar-refractivity contribution in [3.05, 3.63) is 100 Å². The molecule has 0 aliphatic rings. The van der Waals surface area contributed by atoms with E-state index in [0.29, 0.717) is 23.6 Å².